The molecule has 0 spiro atoms. The molecular formula is C17H25NO3. The molecule has 0 radical (unpaired) electrons. The van der Waals surface area contributed by atoms with Crippen LogP contribution in [0.15, 0.2) is 23.4 Å². The second-order valence-electron chi connectivity index (χ2n) is 5.33. The summed E-state index contributed by atoms with van der Waals surface area (Å²) in [4.78, 5) is 11.6. The van der Waals surface area contributed by atoms with Crippen molar-refractivity contribution in [3.63, 3.8) is 0 Å². The molecule has 0 heterocycles. The number of phenols is 1. The SMILES string of the molecule is CCCCCCCCCc1ccc(O)c(C(=O)C=NO)c1. The Balaban J connectivity index is 2.42. The number of aryl methyl sites for hydroxylation is 1. The van der Waals surface area contributed by atoms with Crippen molar-refractivity contribution < 1.29 is 15.1 Å². The summed E-state index contributed by atoms with van der Waals surface area (Å²) in [6, 6.07) is 5.03. The van der Waals surface area contributed by atoms with Crippen molar-refractivity contribution >= 4 is 12.0 Å². The fourth-order valence-electron chi connectivity index (χ4n) is 2.34. The van der Waals surface area contributed by atoms with Crippen molar-refractivity contribution in [1.29, 1.82) is 0 Å². The molecule has 1 rings (SSSR count). The fourth-order valence-corrected chi connectivity index (χ4v) is 2.34. The molecule has 1 aromatic rings. The van der Waals surface area contributed by atoms with Crippen LogP contribution in [0.3, 0.4) is 0 Å². The number of benzene rings is 1. The monoisotopic (exact) mass is 291 g/mol. The van der Waals surface area contributed by atoms with Gasteiger partial charge >= 0.3 is 0 Å². The van der Waals surface area contributed by atoms with Crippen molar-refractivity contribution in [3.05, 3.63) is 29.3 Å². The number of unbranched alkanes of at least 4 members (excludes halogenated alkanes) is 6. The molecule has 0 bridgehead atoms. The number of ketones is 1. The van der Waals surface area contributed by atoms with Gasteiger partial charge in [-0.05, 0) is 30.5 Å². The molecule has 4 heteroatoms. The van der Waals surface area contributed by atoms with E-state index in [0.29, 0.717) is 0 Å². The Morgan fingerprint density at radius 1 is 1.14 bits per heavy atom. The predicted molar refractivity (Wildman–Crippen MR) is 84.4 cm³/mol. The van der Waals surface area contributed by atoms with Gasteiger partial charge in [0.2, 0.25) is 5.78 Å². The number of oxime groups is 1. The summed E-state index contributed by atoms with van der Waals surface area (Å²) < 4.78 is 0. The Kier molecular flexibility index (Phi) is 8.17. The number of hydrogen-bond donors (Lipinski definition) is 2. The largest absolute Gasteiger partial charge is 0.507 e. The van der Waals surface area contributed by atoms with Gasteiger partial charge in [-0.1, -0.05) is 56.7 Å². The molecule has 21 heavy (non-hydrogen) atoms. The topological polar surface area (TPSA) is 69.9 Å². The minimum absolute atomic E-state index is 0.0804. The molecule has 0 saturated carbocycles. The van der Waals surface area contributed by atoms with E-state index >= 15 is 0 Å². The third-order valence-electron chi connectivity index (χ3n) is 3.57. The first kappa shape index (κ1) is 17.2. The van der Waals surface area contributed by atoms with Crippen LogP contribution >= 0.6 is 0 Å². The smallest absolute Gasteiger partial charge is 0.211 e. The summed E-state index contributed by atoms with van der Waals surface area (Å²) in [6.45, 7) is 2.21. The fraction of sp³-hybridized carbons (Fsp3) is 0.529. The summed E-state index contributed by atoms with van der Waals surface area (Å²) in [7, 11) is 0. The Hall–Kier alpha value is -1.84. The Bertz CT molecular complexity index is 469. The van der Waals surface area contributed by atoms with Gasteiger partial charge in [0.05, 0.1) is 5.56 Å². The van der Waals surface area contributed by atoms with Crippen LogP contribution in [0, 0.1) is 0 Å². The molecule has 0 aliphatic carbocycles. The molecule has 2 N–H and O–H groups in total. The van der Waals surface area contributed by atoms with Gasteiger partial charge in [0.1, 0.15) is 12.0 Å². The first-order valence-electron chi connectivity index (χ1n) is 7.72. The van der Waals surface area contributed by atoms with Gasteiger partial charge in [-0.25, -0.2) is 0 Å². The minimum atomic E-state index is -0.489. The van der Waals surface area contributed by atoms with E-state index in [4.69, 9.17) is 5.21 Å². The highest BCUT2D eigenvalue weighted by Gasteiger charge is 2.10. The standard InChI is InChI=1S/C17H25NO3/c1-2-3-4-5-6-7-8-9-14-10-11-16(19)15(12-14)17(20)13-18-21/h10-13,19,21H,2-9H2,1H3. The zero-order valence-corrected chi connectivity index (χ0v) is 12.7. The molecule has 0 atom stereocenters. The van der Waals surface area contributed by atoms with Crippen LogP contribution in [0.1, 0.15) is 67.8 Å². The van der Waals surface area contributed by atoms with Gasteiger partial charge < -0.3 is 10.3 Å². The number of rotatable bonds is 10. The van der Waals surface area contributed by atoms with Gasteiger partial charge in [-0.15, -0.1) is 0 Å². The van der Waals surface area contributed by atoms with Gasteiger partial charge in [-0.2, -0.15) is 0 Å². The van der Waals surface area contributed by atoms with E-state index in [-0.39, 0.29) is 11.3 Å². The van der Waals surface area contributed by atoms with Crippen LogP contribution in [0.2, 0.25) is 0 Å². The normalized spacial score (nSPS) is 11.1. The second-order valence-corrected chi connectivity index (χ2v) is 5.33. The zero-order valence-electron chi connectivity index (χ0n) is 12.7. The lowest BCUT2D eigenvalue weighted by Gasteiger charge is -2.06. The number of aromatic hydroxyl groups is 1. The van der Waals surface area contributed by atoms with E-state index in [1.165, 1.54) is 44.6 Å². The van der Waals surface area contributed by atoms with Crippen LogP contribution in [0.25, 0.3) is 0 Å². The van der Waals surface area contributed by atoms with Crippen LogP contribution in [-0.4, -0.2) is 22.3 Å². The number of Topliss-reactive ketones (excluding diaryl/α,β-unsaturated/α-hetero) is 1. The Morgan fingerprint density at radius 2 is 1.81 bits per heavy atom. The zero-order chi connectivity index (χ0) is 15.5. The van der Waals surface area contributed by atoms with Crippen LogP contribution in [0.5, 0.6) is 5.75 Å². The predicted octanol–water partition coefficient (Wildman–Crippen LogP) is 4.33. The van der Waals surface area contributed by atoms with Crippen LogP contribution < -0.4 is 0 Å². The maximum Gasteiger partial charge on any atom is 0.211 e. The van der Waals surface area contributed by atoms with Gasteiger partial charge in [0, 0.05) is 0 Å². The second kappa shape index (κ2) is 9.97. The molecule has 116 valence electrons. The lowest BCUT2D eigenvalue weighted by Crippen LogP contribution is -2.02. The third-order valence-corrected chi connectivity index (χ3v) is 3.57. The quantitative estimate of drug-likeness (QED) is 0.222. The van der Waals surface area contributed by atoms with Crippen LogP contribution in [0.4, 0.5) is 0 Å². The molecule has 0 amide bonds. The molecule has 0 aromatic heterocycles. The molecule has 0 unspecified atom stereocenters. The maximum atomic E-state index is 11.6. The number of carbonyl (C=O) groups excluding carboxylic acids is 1. The maximum absolute atomic E-state index is 11.6. The molecule has 1 aromatic carbocycles. The van der Waals surface area contributed by atoms with E-state index in [9.17, 15) is 9.90 Å². The summed E-state index contributed by atoms with van der Waals surface area (Å²) in [6.07, 6.45) is 10.4. The van der Waals surface area contributed by atoms with Crippen molar-refractivity contribution in [2.24, 2.45) is 5.16 Å². The van der Waals surface area contributed by atoms with Crippen molar-refractivity contribution in [3.8, 4) is 5.75 Å². The van der Waals surface area contributed by atoms with Crippen molar-refractivity contribution in [2.75, 3.05) is 0 Å². The lowest BCUT2D eigenvalue weighted by molar-refractivity contribution is 0.106. The van der Waals surface area contributed by atoms with Crippen molar-refractivity contribution in [1.82, 2.24) is 0 Å². The number of phenolic OH excluding ortho intramolecular Hbond substituents is 1. The first-order valence-corrected chi connectivity index (χ1v) is 7.72. The third kappa shape index (κ3) is 6.43. The first-order chi connectivity index (χ1) is 10.2. The average molecular weight is 291 g/mol. The van der Waals surface area contributed by atoms with Crippen molar-refractivity contribution in [2.45, 2.75) is 58.3 Å². The van der Waals surface area contributed by atoms with Crippen LogP contribution in [-0.2, 0) is 6.42 Å². The Morgan fingerprint density at radius 3 is 2.48 bits per heavy atom. The molecule has 0 fully saturated rings. The molecule has 0 aliphatic heterocycles. The average Bonchev–Trinajstić information content (AvgIpc) is 2.48. The molecule has 4 nitrogen and oxygen atoms in total. The highest BCUT2D eigenvalue weighted by molar-refractivity contribution is 6.36. The van der Waals surface area contributed by atoms with Gasteiger partial charge in [0.25, 0.3) is 0 Å². The number of hydrogen-bond acceptors (Lipinski definition) is 4. The number of carbonyl (C=O) groups is 1. The van der Waals surface area contributed by atoms with Gasteiger partial charge in [-0.3, -0.25) is 4.79 Å². The Labute approximate surface area is 126 Å². The molecule has 0 aliphatic rings. The van der Waals surface area contributed by atoms with E-state index in [1.807, 2.05) is 6.07 Å². The van der Waals surface area contributed by atoms with E-state index < -0.39 is 5.78 Å². The summed E-state index contributed by atoms with van der Waals surface area (Å²) in [5.41, 5.74) is 1.21. The molecular weight excluding hydrogens is 266 g/mol. The summed E-state index contributed by atoms with van der Waals surface area (Å²) in [5, 5.41) is 20.8. The van der Waals surface area contributed by atoms with E-state index in [2.05, 4.69) is 12.1 Å². The van der Waals surface area contributed by atoms with Gasteiger partial charge in [0.15, 0.2) is 0 Å². The summed E-state index contributed by atoms with van der Waals surface area (Å²) in [5.74, 6) is -0.570. The van der Waals surface area contributed by atoms with E-state index in [1.54, 1.807) is 6.07 Å². The highest BCUT2D eigenvalue weighted by atomic mass is 16.4. The van der Waals surface area contributed by atoms with E-state index in [0.717, 1.165) is 24.6 Å². The summed E-state index contributed by atoms with van der Waals surface area (Å²) >= 11 is 0. The minimum Gasteiger partial charge on any atom is -0.507 e. The molecule has 0 saturated heterocycles. The number of nitrogens with zero attached hydrogens (tertiary/aromatic N) is 1. The lowest BCUT2D eigenvalue weighted by atomic mass is 10.0. The highest BCUT2D eigenvalue weighted by Crippen LogP contribution is 2.20.